The fourth-order valence-corrected chi connectivity index (χ4v) is 1.44. The number of ketones is 1. The van der Waals surface area contributed by atoms with Crippen LogP contribution >= 0.6 is 0 Å². The molecular weight excluding hydrogens is 206 g/mol. The first-order chi connectivity index (χ1) is 7.74. The van der Waals surface area contributed by atoms with Gasteiger partial charge in [0.1, 0.15) is 0 Å². The number of carbonyl (C=O) groups excluding carboxylic acids is 2. The van der Waals surface area contributed by atoms with Gasteiger partial charge in [0.15, 0.2) is 0 Å². The van der Waals surface area contributed by atoms with Crippen LogP contribution in [0, 0.1) is 0 Å². The van der Waals surface area contributed by atoms with Crippen molar-refractivity contribution in [2.45, 2.75) is 25.7 Å². The normalized spacial score (nSPS) is 9.81. The summed E-state index contributed by atoms with van der Waals surface area (Å²) in [4.78, 5) is 21.7. The van der Waals surface area contributed by atoms with Crippen molar-refractivity contribution in [1.82, 2.24) is 5.48 Å². The molecule has 86 valence electrons. The zero-order valence-corrected chi connectivity index (χ0v) is 8.98. The lowest BCUT2D eigenvalue weighted by Gasteiger charge is -2.00. The van der Waals surface area contributed by atoms with Gasteiger partial charge in [-0.2, -0.15) is 0 Å². The van der Waals surface area contributed by atoms with E-state index in [-0.39, 0.29) is 6.42 Å². The van der Waals surface area contributed by atoms with Gasteiger partial charge in [-0.15, -0.1) is 0 Å². The Kier molecular flexibility index (Phi) is 5.22. The molecule has 0 aromatic heterocycles. The molecule has 2 N–H and O–H groups in total. The molecule has 0 aliphatic heterocycles. The Hall–Kier alpha value is -1.68. The Morgan fingerprint density at radius 3 is 2.44 bits per heavy atom. The molecule has 4 nitrogen and oxygen atoms in total. The van der Waals surface area contributed by atoms with Gasteiger partial charge in [0.05, 0.1) is 0 Å². The highest BCUT2D eigenvalue weighted by molar-refractivity contribution is 6.35. The average molecular weight is 221 g/mol. The van der Waals surface area contributed by atoms with Crippen LogP contribution in [0.3, 0.4) is 0 Å². The third kappa shape index (κ3) is 4.23. The van der Waals surface area contributed by atoms with E-state index in [0.29, 0.717) is 6.42 Å². The summed E-state index contributed by atoms with van der Waals surface area (Å²) in [5, 5.41) is 8.22. The van der Waals surface area contributed by atoms with Crippen LogP contribution in [-0.2, 0) is 16.0 Å². The van der Waals surface area contributed by atoms with Gasteiger partial charge < -0.3 is 0 Å². The predicted molar refractivity (Wildman–Crippen MR) is 58.9 cm³/mol. The van der Waals surface area contributed by atoms with Crippen LogP contribution in [0.2, 0.25) is 0 Å². The van der Waals surface area contributed by atoms with E-state index in [9.17, 15) is 9.59 Å². The van der Waals surface area contributed by atoms with E-state index < -0.39 is 11.7 Å². The molecule has 0 aliphatic carbocycles. The van der Waals surface area contributed by atoms with E-state index >= 15 is 0 Å². The second-order valence-electron chi connectivity index (χ2n) is 3.56. The Bertz CT molecular complexity index is 349. The van der Waals surface area contributed by atoms with E-state index in [0.717, 1.165) is 12.8 Å². The third-order valence-electron chi connectivity index (χ3n) is 2.32. The Labute approximate surface area is 94.2 Å². The molecule has 0 aliphatic rings. The van der Waals surface area contributed by atoms with Crippen molar-refractivity contribution in [3.05, 3.63) is 35.9 Å². The second kappa shape index (κ2) is 6.74. The van der Waals surface area contributed by atoms with Crippen LogP contribution in [0.5, 0.6) is 0 Å². The van der Waals surface area contributed by atoms with Crippen molar-refractivity contribution >= 4 is 11.7 Å². The highest BCUT2D eigenvalue weighted by Crippen LogP contribution is 2.06. The summed E-state index contributed by atoms with van der Waals surface area (Å²) < 4.78 is 0. The van der Waals surface area contributed by atoms with E-state index in [2.05, 4.69) is 0 Å². The quantitative estimate of drug-likeness (QED) is 0.331. The number of hydroxylamine groups is 1. The average Bonchev–Trinajstić information content (AvgIpc) is 2.34. The lowest BCUT2D eigenvalue weighted by Crippen LogP contribution is -2.27. The third-order valence-corrected chi connectivity index (χ3v) is 2.32. The molecule has 0 atom stereocenters. The van der Waals surface area contributed by atoms with E-state index in [1.807, 2.05) is 30.3 Å². The molecule has 0 heterocycles. The second-order valence-corrected chi connectivity index (χ2v) is 3.56. The van der Waals surface area contributed by atoms with Gasteiger partial charge in [0, 0.05) is 6.42 Å². The van der Waals surface area contributed by atoms with Crippen LogP contribution in [0.15, 0.2) is 30.3 Å². The first-order valence-electron chi connectivity index (χ1n) is 5.25. The molecule has 0 spiro atoms. The topological polar surface area (TPSA) is 66.4 Å². The summed E-state index contributed by atoms with van der Waals surface area (Å²) in [6, 6.07) is 9.96. The molecule has 4 heteroatoms. The number of rotatable bonds is 6. The molecule has 1 aromatic carbocycles. The van der Waals surface area contributed by atoms with Crippen molar-refractivity contribution in [2.75, 3.05) is 0 Å². The monoisotopic (exact) mass is 221 g/mol. The Morgan fingerprint density at radius 2 is 1.81 bits per heavy atom. The maximum Gasteiger partial charge on any atom is 0.310 e. The van der Waals surface area contributed by atoms with Crippen LogP contribution in [0.4, 0.5) is 0 Å². The SMILES string of the molecule is O=C(CCCCc1ccccc1)C(=O)NO. The molecule has 0 unspecified atom stereocenters. The smallest absolute Gasteiger partial charge is 0.289 e. The highest BCUT2D eigenvalue weighted by Gasteiger charge is 2.10. The molecule has 0 fully saturated rings. The Balaban J connectivity index is 2.17. The summed E-state index contributed by atoms with van der Waals surface area (Å²) in [5.74, 6) is -1.50. The molecule has 0 bridgehead atoms. The van der Waals surface area contributed by atoms with E-state index in [1.165, 1.54) is 11.0 Å². The molecule has 0 saturated heterocycles. The van der Waals surface area contributed by atoms with Crippen molar-refractivity contribution < 1.29 is 14.8 Å². The highest BCUT2D eigenvalue weighted by atomic mass is 16.5. The number of nitrogens with one attached hydrogen (secondary N) is 1. The lowest BCUT2D eigenvalue weighted by molar-refractivity contribution is -0.143. The van der Waals surface area contributed by atoms with Gasteiger partial charge in [-0.05, 0) is 24.8 Å². The van der Waals surface area contributed by atoms with Gasteiger partial charge in [0.25, 0.3) is 0 Å². The van der Waals surface area contributed by atoms with Crippen molar-refractivity contribution in [3.63, 3.8) is 0 Å². The summed E-state index contributed by atoms with van der Waals surface area (Å²) in [6.07, 6.45) is 2.59. The number of Topliss-reactive ketones (excluding diaryl/α,β-unsaturated/α-hetero) is 1. The molecule has 16 heavy (non-hydrogen) atoms. The summed E-state index contributed by atoms with van der Waals surface area (Å²) in [7, 11) is 0. The fraction of sp³-hybridized carbons (Fsp3) is 0.333. The molecule has 1 rings (SSSR count). The minimum Gasteiger partial charge on any atom is -0.289 e. The molecule has 1 aromatic rings. The minimum absolute atomic E-state index is 0.180. The minimum atomic E-state index is -0.931. The van der Waals surface area contributed by atoms with Crippen LogP contribution in [0.25, 0.3) is 0 Å². The first kappa shape index (κ1) is 12.4. The van der Waals surface area contributed by atoms with Gasteiger partial charge >= 0.3 is 5.91 Å². The van der Waals surface area contributed by atoms with E-state index in [4.69, 9.17) is 5.21 Å². The molecule has 1 amide bonds. The molecular formula is C12H15NO3. The van der Waals surface area contributed by atoms with Crippen LogP contribution < -0.4 is 5.48 Å². The summed E-state index contributed by atoms with van der Waals surface area (Å²) >= 11 is 0. The number of hydrogen-bond donors (Lipinski definition) is 2. The number of benzene rings is 1. The number of carbonyl (C=O) groups is 2. The largest absolute Gasteiger partial charge is 0.310 e. The van der Waals surface area contributed by atoms with Crippen molar-refractivity contribution in [1.29, 1.82) is 0 Å². The van der Waals surface area contributed by atoms with Crippen molar-refractivity contribution in [2.24, 2.45) is 0 Å². The predicted octanol–water partition coefficient (Wildman–Crippen LogP) is 1.47. The van der Waals surface area contributed by atoms with Gasteiger partial charge in [-0.1, -0.05) is 30.3 Å². The lowest BCUT2D eigenvalue weighted by atomic mass is 10.1. The maximum absolute atomic E-state index is 11.0. The summed E-state index contributed by atoms with van der Waals surface area (Å²) in [5.41, 5.74) is 2.56. The number of hydrogen-bond acceptors (Lipinski definition) is 3. The molecule has 0 saturated carbocycles. The van der Waals surface area contributed by atoms with Gasteiger partial charge in [-0.25, -0.2) is 5.48 Å². The van der Waals surface area contributed by atoms with Gasteiger partial charge in [0.2, 0.25) is 5.78 Å². The Morgan fingerprint density at radius 1 is 1.12 bits per heavy atom. The summed E-state index contributed by atoms with van der Waals surface area (Å²) in [6.45, 7) is 0. The zero-order valence-electron chi connectivity index (χ0n) is 8.98. The number of unbranched alkanes of at least 4 members (excludes halogenated alkanes) is 1. The number of aryl methyl sites for hydroxylation is 1. The number of amides is 1. The van der Waals surface area contributed by atoms with E-state index in [1.54, 1.807) is 0 Å². The zero-order chi connectivity index (χ0) is 11.8. The first-order valence-corrected chi connectivity index (χ1v) is 5.25. The van der Waals surface area contributed by atoms with Crippen molar-refractivity contribution in [3.8, 4) is 0 Å². The maximum atomic E-state index is 11.0. The van der Waals surface area contributed by atoms with Gasteiger partial charge in [-0.3, -0.25) is 14.8 Å². The molecule has 0 radical (unpaired) electrons. The fourth-order valence-electron chi connectivity index (χ4n) is 1.44. The van der Waals surface area contributed by atoms with Crippen LogP contribution in [0.1, 0.15) is 24.8 Å². The standard InChI is InChI=1S/C12H15NO3/c14-11(12(15)13-16)9-5-4-8-10-6-2-1-3-7-10/h1-3,6-7,16H,4-5,8-9H2,(H,13,15). The van der Waals surface area contributed by atoms with Crippen LogP contribution in [-0.4, -0.2) is 16.9 Å².